The zero-order chi connectivity index (χ0) is 13.1. The van der Waals surface area contributed by atoms with E-state index in [9.17, 15) is 4.79 Å². The lowest BCUT2D eigenvalue weighted by atomic mass is 10.2. The number of aromatic nitrogens is 2. The number of nitrogens with zero attached hydrogens (tertiary/aromatic N) is 3. The molecule has 2 atom stereocenters. The first-order valence-corrected chi connectivity index (χ1v) is 5.66. The molecule has 7 nitrogen and oxygen atoms in total. The third kappa shape index (κ3) is 2.74. The van der Waals surface area contributed by atoms with Crippen molar-refractivity contribution in [1.82, 2.24) is 9.97 Å². The number of hydrogen-bond acceptors (Lipinski definition) is 6. The monoisotopic (exact) mass is 253 g/mol. The van der Waals surface area contributed by atoms with Gasteiger partial charge in [-0.2, -0.15) is 0 Å². The van der Waals surface area contributed by atoms with E-state index in [0.29, 0.717) is 18.9 Å². The van der Waals surface area contributed by atoms with Crippen molar-refractivity contribution >= 4 is 11.8 Å². The lowest BCUT2D eigenvalue weighted by Gasteiger charge is -2.36. The molecule has 18 heavy (non-hydrogen) atoms. The third-order valence-corrected chi connectivity index (χ3v) is 2.69. The Hall–Kier alpha value is -1.73. The topological polar surface area (TPSA) is 95.8 Å². The van der Waals surface area contributed by atoms with E-state index in [-0.39, 0.29) is 24.5 Å². The number of carboxylic acids is 1. The van der Waals surface area contributed by atoms with Crippen LogP contribution < -0.4 is 4.90 Å². The van der Waals surface area contributed by atoms with Crippen molar-refractivity contribution in [1.29, 1.82) is 0 Å². The molecule has 2 rings (SSSR count). The second-order valence-corrected chi connectivity index (χ2v) is 4.22. The number of aromatic carboxylic acids is 1. The second-order valence-electron chi connectivity index (χ2n) is 4.22. The maximum absolute atomic E-state index is 10.8. The summed E-state index contributed by atoms with van der Waals surface area (Å²) in [7, 11) is 0. The van der Waals surface area contributed by atoms with Gasteiger partial charge in [0.1, 0.15) is 5.82 Å². The van der Waals surface area contributed by atoms with E-state index in [1.165, 1.54) is 12.4 Å². The Morgan fingerprint density at radius 2 is 2.33 bits per heavy atom. The highest BCUT2D eigenvalue weighted by Gasteiger charge is 2.26. The molecule has 1 aromatic heterocycles. The molecule has 2 unspecified atom stereocenters. The number of aliphatic hydroxyl groups is 1. The van der Waals surface area contributed by atoms with Gasteiger partial charge in [-0.15, -0.1) is 0 Å². The van der Waals surface area contributed by atoms with Gasteiger partial charge < -0.3 is 19.8 Å². The highest BCUT2D eigenvalue weighted by atomic mass is 16.5. The summed E-state index contributed by atoms with van der Waals surface area (Å²) in [5.41, 5.74) is -0.0906. The van der Waals surface area contributed by atoms with Crippen LogP contribution in [-0.4, -0.2) is 58.1 Å². The van der Waals surface area contributed by atoms with Crippen LogP contribution in [0.25, 0.3) is 0 Å². The molecule has 0 aliphatic carbocycles. The zero-order valence-electron chi connectivity index (χ0n) is 9.98. The molecule has 0 spiro atoms. The van der Waals surface area contributed by atoms with Crippen molar-refractivity contribution in [3.63, 3.8) is 0 Å². The number of anilines is 1. The summed E-state index contributed by atoms with van der Waals surface area (Å²) in [6.07, 6.45) is 2.38. The standard InChI is InChI=1S/C11H15N3O4/c1-7-4-14(5-8(6-15)18-7)10-3-12-2-9(13-10)11(16)17/h2-3,7-8,15H,4-6H2,1H3,(H,16,17). The average molecular weight is 253 g/mol. The van der Waals surface area contributed by atoms with Crippen molar-refractivity contribution in [2.24, 2.45) is 0 Å². The van der Waals surface area contributed by atoms with Crippen LogP contribution in [0.2, 0.25) is 0 Å². The quantitative estimate of drug-likeness (QED) is 0.767. The van der Waals surface area contributed by atoms with E-state index < -0.39 is 5.97 Å². The molecule has 0 aromatic carbocycles. The maximum Gasteiger partial charge on any atom is 0.356 e. The van der Waals surface area contributed by atoms with Crippen molar-refractivity contribution < 1.29 is 19.7 Å². The van der Waals surface area contributed by atoms with Gasteiger partial charge >= 0.3 is 5.97 Å². The molecular weight excluding hydrogens is 238 g/mol. The first-order valence-electron chi connectivity index (χ1n) is 5.66. The normalized spacial score (nSPS) is 24.0. The Morgan fingerprint density at radius 1 is 1.56 bits per heavy atom. The van der Waals surface area contributed by atoms with Gasteiger partial charge in [-0.05, 0) is 6.92 Å². The summed E-state index contributed by atoms with van der Waals surface area (Å²) in [6.45, 7) is 2.88. The van der Waals surface area contributed by atoms with Crippen LogP contribution in [0.4, 0.5) is 5.82 Å². The van der Waals surface area contributed by atoms with Gasteiger partial charge in [0.15, 0.2) is 5.69 Å². The summed E-state index contributed by atoms with van der Waals surface area (Å²) in [5.74, 6) is -0.618. The molecule has 0 saturated carbocycles. The summed E-state index contributed by atoms with van der Waals surface area (Å²) in [6, 6.07) is 0. The molecule has 1 aliphatic heterocycles. The van der Waals surface area contributed by atoms with E-state index >= 15 is 0 Å². The van der Waals surface area contributed by atoms with Crippen molar-refractivity contribution in [3.8, 4) is 0 Å². The second kappa shape index (κ2) is 5.28. The van der Waals surface area contributed by atoms with Gasteiger partial charge in [-0.1, -0.05) is 0 Å². The third-order valence-electron chi connectivity index (χ3n) is 2.69. The predicted octanol–water partition coefficient (Wildman–Crippen LogP) is -0.239. The van der Waals surface area contributed by atoms with Crippen molar-refractivity contribution in [3.05, 3.63) is 18.1 Å². The van der Waals surface area contributed by atoms with Gasteiger partial charge in [0, 0.05) is 13.1 Å². The average Bonchev–Trinajstić information content (AvgIpc) is 2.38. The zero-order valence-corrected chi connectivity index (χ0v) is 9.98. The van der Waals surface area contributed by atoms with Crippen LogP contribution in [0, 0.1) is 0 Å². The lowest BCUT2D eigenvalue weighted by molar-refractivity contribution is -0.0423. The fourth-order valence-electron chi connectivity index (χ4n) is 1.94. The fraction of sp³-hybridized carbons (Fsp3) is 0.545. The highest BCUT2D eigenvalue weighted by molar-refractivity contribution is 5.85. The molecule has 7 heteroatoms. The molecule has 0 bridgehead atoms. The van der Waals surface area contributed by atoms with Crippen LogP contribution in [0.15, 0.2) is 12.4 Å². The predicted molar refractivity (Wildman–Crippen MR) is 62.6 cm³/mol. The fourth-order valence-corrected chi connectivity index (χ4v) is 1.94. The van der Waals surface area contributed by atoms with Gasteiger partial charge in [-0.25, -0.2) is 9.78 Å². The minimum absolute atomic E-state index is 0.0498. The van der Waals surface area contributed by atoms with E-state index in [1.54, 1.807) is 0 Å². The van der Waals surface area contributed by atoms with Crippen LogP contribution >= 0.6 is 0 Å². The van der Waals surface area contributed by atoms with Crippen LogP contribution in [0.1, 0.15) is 17.4 Å². The van der Waals surface area contributed by atoms with Crippen molar-refractivity contribution in [2.75, 3.05) is 24.6 Å². The molecular formula is C11H15N3O4. The molecule has 0 radical (unpaired) electrons. The summed E-state index contributed by atoms with van der Waals surface area (Å²) >= 11 is 0. The van der Waals surface area contributed by atoms with Gasteiger partial charge in [-0.3, -0.25) is 4.98 Å². The molecule has 1 saturated heterocycles. The molecule has 1 fully saturated rings. The van der Waals surface area contributed by atoms with E-state index in [0.717, 1.165) is 0 Å². The Labute approximate surface area is 104 Å². The van der Waals surface area contributed by atoms with Gasteiger partial charge in [0.25, 0.3) is 0 Å². The molecule has 2 heterocycles. The lowest BCUT2D eigenvalue weighted by Crippen LogP contribution is -2.48. The van der Waals surface area contributed by atoms with Crippen molar-refractivity contribution in [2.45, 2.75) is 19.1 Å². The van der Waals surface area contributed by atoms with E-state index in [2.05, 4.69) is 9.97 Å². The number of hydrogen-bond donors (Lipinski definition) is 2. The Balaban J connectivity index is 2.19. The largest absolute Gasteiger partial charge is 0.476 e. The van der Waals surface area contributed by atoms with Crippen LogP contribution in [-0.2, 0) is 4.74 Å². The molecule has 1 aliphatic rings. The number of ether oxygens (including phenoxy) is 1. The number of carboxylic acid groups (broad SMARTS) is 1. The Kier molecular flexibility index (Phi) is 3.73. The van der Waals surface area contributed by atoms with E-state index in [1.807, 2.05) is 11.8 Å². The number of aliphatic hydroxyl groups excluding tert-OH is 1. The first-order chi connectivity index (χ1) is 8.60. The summed E-state index contributed by atoms with van der Waals surface area (Å²) < 4.78 is 5.51. The minimum atomic E-state index is -1.11. The molecule has 0 amide bonds. The number of rotatable bonds is 3. The Morgan fingerprint density at radius 3 is 3.00 bits per heavy atom. The Bertz CT molecular complexity index is 440. The maximum atomic E-state index is 10.8. The minimum Gasteiger partial charge on any atom is -0.476 e. The molecule has 2 N–H and O–H groups in total. The van der Waals surface area contributed by atoms with Gasteiger partial charge in [0.05, 0.1) is 31.2 Å². The molecule has 98 valence electrons. The smallest absolute Gasteiger partial charge is 0.356 e. The SMILES string of the molecule is CC1CN(c2cncc(C(=O)O)n2)CC(CO)O1. The highest BCUT2D eigenvalue weighted by Crippen LogP contribution is 2.17. The van der Waals surface area contributed by atoms with Crippen LogP contribution in [0.3, 0.4) is 0 Å². The van der Waals surface area contributed by atoms with Crippen LogP contribution in [0.5, 0.6) is 0 Å². The van der Waals surface area contributed by atoms with Gasteiger partial charge in [0.2, 0.25) is 0 Å². The number of morpholine rings is 1. The summed E-state index contributed by atoms with van der Waals surface area (Å²) in [4.78, 5) is 20.6. The first kappa shape index (κ1) is 12.7. The summed E-state index contributed by atoms with van der Waals surface area (Å²) in [5, 5.41) is 18.0. The molecule has 1 aromatic rings. The number of carbonyl (C=O) groups is 1. The van der Waals surface area contributed by atoms with E-state index in [4.69, 9.17) is 14.9 Å².